The van der Waals surface area contributed by atoms with Gasteiger partial charge in [-0.2, -0.15) is 0 Å². The van der Waals surface area contributed by atoms with Crippen LogP contribution in [0.3, 0.4) is 0 Å². The molecule has 1 aromatic heterocycles. The Labute approximate surface area is 108 Å². The van der Waals surface area contributed by atoms with Crippen LogP contribution >= 0.6 is 23.2 Å². The molecule has 0 aliphatic heterocycles. The van der Waals surface area contributed by atoms with Crippen LogP contribution in [0.15, 0.2) is 12.3 Å². The van der Waals surface area contributed by atoms with E-state index in [9.17, 15) is 15.0 Å². The molecule has 0 saturated carbocycles. The lowest BCUT2D eigenvalue weighted by molar-refractivity contribution is 0.0167. The van der Waals surface area contributed by atoms with Crippen LogP contribution in [0.5, 0.6) is 0 Å². The summed E-state index contributed by atoms with van der Waals surface area (Å²) in [5.41, 5.74) is -0.0364. The van der Waals surface area contributed by atoms with Gasteiger partial charge in [0, 0.05) is 17.6 Å². The molecule has 2 atom stereocenters. The molecule has 5 nitrogen and oxygen atoms in total. The zero-order valence-electron chi connectivity index (χ0n) is 8.68. The standard InChI is InChI=1S/C10H11Cl2NO4/c11-2-1-7(14)8(15)5-3-6(10(16)17)9(12)13-4-5/h3-4,7-8,14-15H,1-2H2,(H,16,17). The third-order valence-electron chi connectivity index (χ3n) is 2.20. The zero-order valence-corrected chi connectivity index (χ0v) is 10.2. The summed E-state index contributed by atoms with van der Waals surface area (Å²) in [5, 5.41) is 27.9. The average Bonchev–Trinajstić information content (AvgIpc) is 2.28. The first kappa shape index (κ1) is 14.2. The minimum absolute atomic E-state index is 0.166. The average molecular weight is 280 g/mol. The van der Waals surface area contributed by atoms with Gasteiger partial charge in [0.2, 0.25) is 0 Å². The van der Waals surface area contributed by atoms with Gasteiger partial charge >= 0.3 is 5.97 Å². The van der Waals surface area contributed by atoms with Crippen molar-refractivity contribution in [1.82, 2.24) is 4.98 Å². The number of rotatable bonds is 5. The highest BCUT2D eigenvalue weighted by atomic mass is 35.5. The normalized spacial score (nSPS) is 14.4. The van der Waals surface area contributed by atoms with Gasteiger partial charge in [-0.3, -0.25) is 0 Å². The van der Waals surface area contributed by atoms with Crippen molar-refractivity contribution in [1.29, 1.82) is 0 Å². The molecule has 1 heterocycles. The zero-order chi connectivity index (χ0) is 13.0. The molecule has 0 saturated heterocycles. The van der Waals surface area contributed by atoms with E-state index >= 15 is 0 Å². The maximum absolute atomic E-state index is 10.8. The second-order valence-corrected chi connectivity index (χ2v) is 4.14. The van der Waals surface area contributed by atoms with Gasteiger partial charge in [0.15, 0.2) is 0 Å². The quantitative estimate of drug-likeness (QED) is 0.561. The van der Waals surface area contributed by atoms with Crippen molar-refractivity contribution >= 4 is 29.2 Å². The second-order valence-electron chi connectivity index (χ2n) is 3.40. The molecule has 1 rings (SSSR count). The number of halogens is 2. The van der Waals surface area contributed by atoms with E-state index in [-0.39, 0.29) is 28.6 Å². The summed E-state index contributed by atoms with van der Waals surface area (Å²) in [6, 6.07) is 1.18. The summed E-state index contributed by atoms with van der Waals surface area (Å²) >= 11 is 11.0. The molecule has 2 unspecified atom stereocenters. The second kappa shape index (κ2) is 6.16. The molecule has 0 aromatic carbocycles. The van der Waals surface area contributed by atoms with Gasteiger partial charge in [-0.1, -0.05) is 11.6 Å². The minimum atomic E-state index is -1.25. The largest absolute Gasteiger partial charge is 0.478 e. The monoisotopic (exact) mass is 279 g/mol. The van der Waals surface area contributed by atoms with Crippen molar-refractivity contribution in [2.24, 2.45) is 0 Å². The number of aromatic nitrogens is 1. The van der Waals surface area contributed by atoms with Gasteiger partial charge in [0.1, 0.15) is 11.3 Å². The molecule has 1 aromatic rings. The maximum atomic E-state index is 10.8. The molecule has 0 fully saturated rings. The molecule has 3 N–H and O–H groups in total. The first-order valence-corrected chi connectivity index (χ1v) is 5.69. The molecule has 17 heavy (non-hydrogen) atoms. The van der Waals surface area contributed by atoms with Crippen molar-refractivity contribution in [2.45, 2.75) is 18.6 Å². The molecular weight excluding hydrogens is 269 g/mol. The van der Waals surface area contributed by atoms with Gasteiger partial charge in [0.05, 0.1) is 11.7 Å². The van der Waals surface area contributed by atoms with Gasteiger partial charge in [0.25, 0.3) is 0 Å². The van der Waals surface area contributed by atoms with Crippen molar-refractivity contribution in [3.05, 3.63) is 28.5 Å². The van der Waals surface area contributed by atoms with E-state index in [0.29, 0.717) is 0 Å². The predicted molar refractivity (Wildman–Crippen MR) is 62.5 cm³/mol. The maximum Gasteiger partial charge on any atom is 0.338 e. The Morgan fingerprint density at radius 2 is 2.12 bits per heavy atom. The molecule has 0 aliphatic rings. The summed E-state index contributed by atoms with van der Waals surface area (Å²) in [5.74, 6) is -1.06. The summed E-state index contributed by atoms with van der Waals surface area (Å²) in [4.78, 5) is 14.4. The molecular formula is C10H11Cl2NO4. The number of aliphatic hydroxyl groups excluding tert-OH is 2. The van der Waals surface area contributed by atoms with Crippen LogP contribution in [-0.4, -0.2) is 38.3 Å². The number of hydrogen-bond donors (Lipinski definition) is 3. The van der Waals surface area contributed by atoms with Gasteiger partial charge in [-0.05, 0) is 12.5 Å². The van der Waals surface area contributed by atoms with E-state index in [4.69, 9.17) is 28.3 Å². The van der Waals surface area contributed by atoms with E-state index in [1.807, 2.05) is 0 Å². The number of alkyl halides is 1. The Hall–Kier alpha value is -0.880. The van der Waals surface area contributed by atoms with E-state index in [2.05, 4.69) is 4.98 Å². The van der Waals surface area contributed by atoms with Crippen molar-refractivity contribution in [3.8, 4) is 0 Å². The number of carboxylic acids is 1. The first-order valence-electron chi connectivity index (χ1n) is 4.78. The first-order chi connectivity index (χ1) is 7.97. The van der Waals surface area contributed by atoms with Crippen LogP contribution in [0.2, 0.25) is 5.15 Å². The van der Waals surface area contributed by atoms with E-state index in [0.717, 1.165) is 0 Å². The van der Waals surface area contributed by atoms with Gasteiger partial charge < -0.3 is 15.3 Å². The number of nitrogens with zero attached hydrogens (tertiary/aromatic N) is 1. The van der Waals surface area contributed by atoms with Crippen LogP contribution in [0.1, 0.15) is 28.4 Å². The SMILES string of the molecule is O=C(O)c1cc(C(O)C(O)CCCl)cnc1Cl. The van der Waals surface area contributed by atoms with Crippen molar-refractivity contribution in [3.63, 3.8) is 0 Å². The lowest BCUT2D eigenvalue weighted by atomic mass is 10.0. The molecule has 0 bridgehead atoms. The Balaban J connectivity index is 2.99. The molecule has 0 spiro atoms. The smallest absolute Gasteiger partial charge is 0.338 e. The lowest BCUT2D eigenvalue weighted by Gasteiger charge is -2.17. The Morgan fingerprint density at radius 1 is 1.47 bits per heavy atom. The van der Waals surface area contributed by atoms with E-state index in [1.54, 1.807) is 0 Å². The highest BCUT2D eigenvalue weighted by Crippen LogP contribution is 2.22. The molecule has 0 aliphatic carbocycles. The number of pyridine rings is 1. The third kappa shape index (κ3) is 3.54. The summed E-state index contributed by atoms with van der Waals surface area (Å²) in [6.45, 7) is 0. The topological polar surface area (TPSA) is 90.7 Å². The lowest BCUT2D eigenvalue weighted by Crippen LogP contribution is -2.19. The number of carboxylic acid groups (broad SMARTS) is 1. The Bertz CT molecular complexity index is 413. The Kier molecular flexibility index (Phi) is 5.14. The van der Waals surface area contributed by atoms with Gasteiger partial charge in [-0.15, -0.1) is 11.6 Å². The Morgan fingerprint density at radius 3 is 2.65 bits per heavy atom. The van der Waals surface area contributed by atoms with Crippen LogP contribution in [-0.2, 0) is 0 Å². The number of aliphatic hydroxyl groups is 2. The van der Waals surface area contributed by atoms with Crippen LogP contribution < -0.4 is 0 Å². The summed E-state index contributed by atoms with van der Waals surface area (Å²) < 4.78 is 0. The van der Waals surface area contributed by atoms with E-state index in [1.165, 1.54) is 12.3 Å². The number of hydrogen-bond acceptors (Lipinski definition) is 4. The van der Waals surface area contributed by atoms with Crippen molar-refractivity contribution < 1.29 is 20.1 Å². The van der Waals surface area contributed by atoms with Crippen LogP contribution in [0.4, 0.5) is 0 Å². The fraction of sp³-hybridized carbons (Fsp3) is 0.400. The van der Waals surface area contributed by atoms with Crippen LogP contribution in [0.25, 0.3) is 0 Å². The summed E-state index contributed by atoms with van der Waals surface area (Å²) in [6.07, 6.45) is -0.904. The van der Waals surface area contributed by atoms with Gasteiger partial charge in [-0.25, -0.2) is 9.78 Å². The van der Waals surface area contributed by atoms with E-state index < -0.39 is 18.2 Å². The minimum Gasteiger partial charge on any atom is -0.478 e. The fourth-order valence-electron chi connectivity index (χ4n) is 1.27. The van der Waals surface area contributed by atoms with Crippen LogP contribution in [0, 0.1) is 0 Å². The molecule has 0 radical (unpaired) electrons. The number of aromatic carboxylic acids is 1. The summed E-state index contributed by atoms with van der Waals surface area (Å²) in [7, 11) is 0. The fourth-order valence-corrected chi connectivity index (χ4v) is 1.68. The molecule has 94 valence electrons. The van der Waals surface area contributed by atoms with Crippen molar-refractivity contribution in [2.75, 3.05) is 5.88 Å². The highest BCUT2D eigenvalue weighted by Gasteiger charge is 2.20. The number of carbonyl (C=O) groups is 1. The molecule has 7 heteroatoms. The third-order valence-corrected chi connectivity index (χ3v) is 2.72. The predicted octanol–water partition coefficient (Wildman–Crippen LogP) is 1.46. The molecule has 0 amide bonds. The highest BCUT2D eigenvalue weighted by molar-refractivity contribution is 6.32.